The Balaban J connectivity index is 1.91. The predicted molar refractivity (Wildman–Crippen MR) is 61.4 cm³/mol. The Hall–Kier alpha value is 0.01000. The molecule has 0 bridgehead atoms. The van der Waals surface area contributed by atoms with Gasteiger partial charge in [-0.05, 0) is 20.0 Å². The topological polar surface area (TPSA) is 15.3 Å². The SMILES string of the molecule is C=CCSCCNC1CCN(C)C1. The second-order valence-corrected chi connectivity index (χ2v) is 4.72. The van der Waals surface area contributed by atoms with Crippen LogP contribution >= 0.6 is 11.8 Å². The zero-order valence-electron chi connectivity index (χ0n) is 8.46. The Morgan fingerprint density at radius 3 is 3.15 bits per heavy atom. The number of rotatable bonds is 6. The van der Waals surface area contributed by atoms with E-state index in [0.717, 1.165) is 18.3 Å². The van der Waals surface area contributed by atoms with Gasteiger partial charge in [0.1, 0.15) is 0 Å². The molecular weight excluding hydrogens is 180 g/mol. The molecule has 0 aliphatic carbocycles. The van der Waals surface area contributed by atoms with Crippen LogP contribution in [0.5, 0.6) is 0 Å². The van der Waals surface area contributed by atoms with Gasteiger partial charge in [-0.3, -0.25) is 0 Å². The van der Waals surface area contributed by atoms with Crippen LogP contribution in [0.4, 0.5) is 0 Å². The minimum absolute atomic E-state index is 0.731. The fraction of sp³-hybridized carbons (Fsp3) is 0.800. The molecular formula is C10H20N2S. The summed E-state index contributed by atoms with van der Waals surface area (Å²) in [5.41, 5.74) is 0. The maximum Gasteiger partial charge on any atom is 0.0207 e. The van der Waals surface area contributed by atoms with Crippen LogP contribution < -0.4 is 5.32 Å². The van der Waals surface area contributed by atoms with Crippen molar-refractivity contribution in [1.82, 2.24) is 10.2 Å². The van der Waals surface area contributed by atoms with Gasteiger partial charge in [0.05, 0.1) is 0 Å². The van der Waals surface area contributed by atoms with Crippen LogP contribution in [0.15, 0.2) is 12.7 Å². The molecule has 0 spiro atoms. The van der Waals surface area contributed by atoms with Gasteiger partial charge in [-0.1, -0.05) is 6.08 Å². The van der Waals surface area contributed by atoms with Gasteiger partial charge >= 0.3 is 0 Å². The van der Waals surface area contributed by atoms with Crippen LogP contribution in [0.3, 0.4) is 0 Å². The van der Waals surface area contributed by atoms with Crippen molar-refractivity contribution in [1.29, 1.82) is 0 Å². The van der Waals surface area contributed by atoms with Crippen LogP contribution in [0.25, 0.3) is 0 Å². The normalized spacial score (nSPS) is 23.6. The van der Waals surface area contributed by atoms with Gasteiger partial charge < -0.3 is 10.2 Å². The first kappa shape index (κ1) is 11.1. The smallest absolute Gasteiger partial charge is 0.0207 e. The third-order valence-electron chi connectivity index (χ3n) is 2.31. The highest BCUT2D eigenvalue weighted by Crippen LogP contribution is 2.06. The van der Waals surface area contributed by atoms with Gasteiger partial charge in [0.25, 0.3) is 0 Å². The largest absolute Gasteiger partial charge is 0.312 e. The standard InChI is InChI=1S/C10H20N2S/c1-3-7-13-8-5-11-10-4-6-12(2)9-10/h3,10-11H,1,4-9H2,2H3. The van der Waals surface area contributed by atoms with Gasteiger partial charge in [0.15, 0.2) is 0 Å². The van der Waals surface area contributed by atoms with Crippen molar-refractivity contribution in [2.24, 2.45) is 0 Å². The molecule has 13 heavy (non-hydrogen) atoms. The van der Waals surface area contributed by atoms with E-state index in [1.54, 1.807) is 0 Å². The molecule has 1 N–H and O–H groups in total. The highest BCUT2D eigenvalue weighted by molar-refractivity contribution is 7.99. The lowest BCUT2D eigenvalue weighted by atomic mass is 10.3. The highest BCUT2D eigenvalue weighted by Gasteiger charge is 2.17. The average molecular weight is 200 g/mol. The van der Waals surface area contributed by atoms with E-state index < -0.39 is 0 Å². The Bertz CT molecular complexity index is 150. The van der Waals surface area contributed by atoms with Crippen LogP contribution in [0.1, 0.15) is 6.42 Å². The molecule has 1 rings (SSSR count). The molecule has 3 heteroatoms. The Labute approximate surface area is 85.8 Å². The summed E-state index contributed by atoms with van der Waals surface area (Å²) < 4.78 is 0. The van der Waals surface area contributed by atoms with E-state index in [1.807, 2.05) is 17.8 Å². The van der Waals surface area contributed by atoms with Gasteiger partial charge in [0.2, 0.25) is 0 Å². The average Bonchev–Trinajstić information content (AvgIpc) is 2.51. The first-order valence-electron chi connectivity index (χ1n) is 4.93. The number of hydrogen-bond acceptors (Lipinski definition) is 3. The van der Waals surface area contributed by atoms with E-state index in [-0.39, 0.29) is 0 Å². The number of thioether (sulfide) groups is 1. The van der Waals surface area contributed by atoms with E-state index >= 15 is 0 Å². The molecule has 0 aromatic rings. The van der Waals surface area contributed by atoms with Gasteiger partial charge in [-0.25, -0.2) is 0 Å². The summed E-state index contributed by atoms with van der Waals surface area (Å²) in [5.74, 6) is 2.28. The van der Waals surface area contributed by atoms with Crippen LogP contribution in [0, 0.1) is 0 Å². The lowest BCUT2D eigenvalue weighted by molar-refractivity contribution is 0.400. The lowest BCUT2D eigenvalue weighted by Crippen LogP contribution is -2.33. The summed E-state index contributed by atoms with van der Waals surface area (Å²) in [5, 5.41) is 3.57. The molecule has 0 radical (unpaired) electrons. The maximum atomic E-state index is 3.70. The minimum Gasteiger partial charge on any atom is -0.312 e. The quantitative estimate of drug-likeness (QED) is 0.512. The molecule has 1 atom stereocenters. The van der Waals surface area contributed by atoms with E-state index in [4.69, 9.17) is 0 Å². The summed E-state index contributed by atoms with van der Waals surface area (Å²) in [7, 11) is 2.19. The summed E-state index contributed by atoms with van der Waals surface area (Å²) >= 11 is 1.94. The molecule has 1 aliphatic rings. The van der Waals surface area contributed by atoms with Crippen LogP contribution in [-0.2, 0) is 0 Å². The van der Waals surface area contributed by atoms with Crippen molar-refractivity contribution in [3.8, 4) is 0 Å². The highest BCUT2D eigenvalue weighted by atomic mass is 32.2. The second-order valence-electron chi connectivity index (χ2n) is 3.57. The van der Waals surface area contributed by atoms with E-state index in [1.165, 1.54) is 25.3 Å². The van der Waals surface area contributed by atoms with Crippen molar-refractivity contribution in [2.45, 2.75) is 12.5 Å². The molecule has 1 heterocycles. The molecule has 76 valence electrons. The van der Waals surface area contributed by atoms with Crippen LogP contribution in [-0.4, -0.2) is 49.1 Å². The summed E-state index contributed by atoms with van der Waals surface area (Å²) in [6, 6.07) is 0.731. The molecule has 1 unspecified atom stereocenters. The van der Waals surface area contributed by atoms with E-state index in [9.17, 15) is 0 Å². The van der Waals surface area contributed by atoms with Crippen LogP contribution in [0.2, 0.25) is 0 Å². The van der Waals surface area contributed by atoms with E-state index in [2.05, 4.69) is 23.8 Å². The Kier molecular flexibility index (Phi) is 5.51. The molecule has 1 fully saturated rings. The van der Waals surface area contributed by atoms with E-state index in [0.29, 0.717) is 0 Å². The number of likely N-dealkylation sites (N-methyl/N-ethyl adjacent to an activating group) is 1. The predicted octanol–water partition coefficient (Wildman–Crippen LogP) is 1.20. The van der Waals surface area contributed by atoms with Crippen molar-refractivity contribution in [3.05, 3.63) is 12.7 Å². The van der Waals surface area contributed by atoms with Crippen molar-refractivity contribution in [2.75, 3.05) is 38.2 Å². The van der Waals surface area contributed by atoms with Gasteiger partial charge in [-0.2, -0.15) is 11.8 Å². The molecule has 0 saturated carbocycles. The molecule has 0 amide bonds. The molecule has 1 saturated heterocycles. The molecule has 0 aromatic carbocycles. The van der Waals surface area contributed by atoms with Crippen molar-refractivity contribution >= 4 is 11.8 Å². The monoisotopic (exact) mass is 200 g/mol. The third kappa shape index (κ3) is 4.69. The molecule has 0 aromatic heterocycles. The van der Waals surface area contributed by atoms with Gasteiger partial charge in [0, 0.05) is 30.6 Å². The molecule has 2 nitrogen and oxygen atoms in total. The third-order valence-corrected chi connectivity index (χ3v) is 3.27. The number of hydrogen-bond donors (Lipinski definition) is 1. The zero-order chi connectivity index (χ0) is 9.52. The first-order valence-corrected chi connectivity index (χ1v) is 6.09. The zero-order valence-corrected chi connectivity index (χ0v) is 9.28. The Morgan fingerprint density at radius 1 is 1.69 bits per heavy atom. The fourth-order valence-corrected chi connectivity index (χ4v) is 2.20. The fourth-order valence-electron chi connectivity index (χ4n) is 1.60. The maximum absolute atomic E-state index is 3.70. The summed E-state index contributed by atoms with van der Waals surface area (Å²) in [6.07, 6.45) is 3.27. The lowest BCUT2D eigenvalue weighted by Gasteiger charge is -2.11. The van der Waals surface area contributed by atoms with Crippen molar-refractivity contribution in [3.63, 3.8) is 0 Å². The first-order chi connectivity index (χ1) is 6.33. The molecule has 1 aliphatic heterocycles. The number of likely N-dealkylation sites (tertiary alicyclic amines) is 1. The Morgan fingerprint density at radius 2 is 2.54 bits per heavy atom. The number of nitrogens with one attached hydrogen (secondary N) is 1. The summed E-state index contributed by atoms with van der Waals surface area (Å²) in [4.78, 5) is 2.38. The van der Waals surface area contributed by atoms with Crippen molar-refractivity contribution < 1.29 is 0 Å². The summed E-state index contributed by atoms with van der Waals surface area (Å²) in [6.45, 7) is 7.30. The van der Waals surface area contributed by atoms with Gasteiger partial charge in [-0.15, -0.1) is 6.58 Å². The second kappa shape index (κ2) is 6.46. The minimum atomic E-state index is 0.731. The number of nitrogens with zero attached hydrogens (tertiary/aromatic N) is 1.